The van der Waals surface area contributed by atoms with Crippen LogP contribution in [0.2, 0.25) is 5.02 Å². The minimum atomic E-state index is 0.288. The van der Waals surface area contributed by atoms with Gasteiger partial charge in [0.1, 0.15) is 11.6 Å². The Morgan fingerprint density at radius 1 is 1.28 bits per heavy atom. The molecular weight excluding hydrogens is 248 g/mol. The summed E-state index contributed by atoms with van der Waals surface area (Å²) >= 11 is 6.20. The first-order chi connectivity index (χ1) is 8.66. The molecule has 1 aliphatic carbocycles. The van der Waals surface area contributed by atoms with E-state index in [-0.39, 0.29) is 5.78 Å². The number of fused-ring (bicyclic) bond motifs is 1. The third-order valence-corrected chi connectivity index (χ3v) is 3.75. The Bertz CT molecular complexity index is 631. The van der Waals surface area contributed by atoms with Crippen molar-refractivity contribution in [1.82, 2.24) is 9.55 Å². The molecule has 2 aromatic rings. The molecule has 4 heteroatoms. The van der Waals surface area contributed by atoms with Gasteiger partial charge in [-0.3, -0.25) is 4.79 Å². The van der Waals surface area contributed by atoms with Crippen LogP contribution in [0.25, 0.3) is 11.4 Å². The second kappa shape index (κ2) is 4.25. The molecule has 0 N–H and O–H groups in total. The zero-order chi connectivity index (χ0) is 12.7. The van der Waals surface area contributed by atoms with E-state index in [4.69, 9.17) is 11.6 Å². The highest BCUT2D eigenvalue weighted by Gasteiger charge is 2.23. The molecule has 1 aromatic heterocycles. The molecule has 3 rings (SSSR count). The van der Waals surface area contributed by atoms with Gasteiger partial charge in [-0.25, -0.2) is 4.98 Å². The van der Waals surface area contributed by atoms with E-state index in [2.05, 4.69) is 4.98 Å². The first kappa shape index (κ1) is 11.5. The first-order valence-corrected chi connectivity index (χ1v) is 6.35. The molecule has 0 fully saturated rings. The third-order valence-electron chi connectivity index (χ3n) is 3.42. The van der Waals surface area contributed by atoms with E-state index in [1.165, 1.54) is 0 Å². The van der Waals surface area contributed by atoms with E-state index >= 15 is 0 Å². The molecule has 0 saturated carbocycles. The fourth-order valence-corrected chi connectivity index (χ4v) is 2.65. The summed E-state index contributed by atoms with van der Waals surface area (Å²) in [6.45, 7) is 0. The second-order valence-corrected chi connectivity index (χ2v) is 4.99. The molecule has 0 bridgehead atoms. The average Bonchev–Trinajstić information content (AvgIpc) is 2.68. The number of carbonyl (C=O) groups excluding carboxylic acids is 1. The topological polar surface area (TPSA) is 34.9 Å². The second-order valence-electron chi connectivity index (χ2n) is 4.58. The fourth-order valence-electron chi connectivity index (χ4n) is 2.43. The van der Waals surface area contributed by atoms with Crippen molar-refractivity contribution in [3.63, 3.8) is 0 Å². The number of hydrogen-bond acceptors (Lipinski definition) is 2. The van der Waals surface area contributed by atoms with Gasteiger partial charge in [0, 0.05) is 31.1 Å². The van der Waals surface area contributed by atoms with Crippen molar-refractivity contribution < 1.29 is 4.79 Å². The Morgan fingerprint density at radius 3 is 2.83 bits per heavy atom. The van der Waals surface area contributed by atoms with Crippen LogP contribution >= 0.6 is 11.6 Å². The Balaban J connectivity index is 2.15. The van der Waals surface area contributed by atoms with Crippen molar-refractivity contribution in [2.75, 3.05) is 0 Å². The van der Waals surface area contributed by atoms with Gasteiger partial charge in [0.2, 0.25) is 0 Å². The molecule has 0 unspecified atom stereocenters. The third kappa shape index (κ3) is 1.75. The molecular formula is C14H13ClN2O. The molecule has 0 atom stereocenters. The lowest BCUT2D eigenvalue weighted by molar-refractivity contribution is -0.118. The van der Waals surface area contributed by atoms with Gasteiger partial charge in [0.15, 0.2) is 0 Å². The SMILES string of the molecule is Cn1c(-c2ccccc2Cl)nc2c1CC(=O)CC2. The molecule has 0 spiro atoms. The van der Waals surface area contributed by atoms with Crippen molar-refractivity contribution in [1.29, 1.82) is 0 Å². The van der Waals surface area contributed by atoms with E-state index in [9.17, 15) is 4.79 Å². The lowest BCUT2D eigenvalue weighted by Crippen LogP contribution is -2.15. The fraction of sp³-hybridized carbons (Fsp3) is 0.286. The average molecular weight is 261 g/mol. The maximum absolute atomic E-state index is 11.5. The number of aromatic nitrogens is 2. The van der Waals surface area contributed by atoms with Crippen molar-refractivity contribution in [2.45, 2.75) is 19.3 Å². The number of ketones is 1. The standard InChI is InChI=1S/C14H13ClN2O/c1-17-13-8-9(18)6-7-12(13)16-14(17)10-4-2-3-5-11(10)15/h2-5H,6-8H2,1H3. The molecule has 0 aliphatic heterocycles. The molecule has 1 heterocycles. The molecule has 18 heavy (non-hydrogen) atoms. The van der Waals surface area contributed by atoms with Gasteiger partial charge < -0.3 is 4.57 Å². The van der Waals surface area contributed by atoms with E-state index in [1.807, 2.05) is 35.9 Å². The van der Waals surface area contributed by atoms with Gasteiger partial charge in [-0.15, -0.1) is 0 Å². The maximum Gasteiger partial charge on any atom is 0.141 e. The largest absolute Gasteiger partial charge is 0.330 e. The van der Waals surface area contributed by atoms with E-state index in [0.29, 0.717) is 17.9 Å². The molecule has 1 aromatic carbocycles. The summed E-state index contributed by atoms with van der Waals surface area (Å²) in [4.78, 5) is 16.2. The summed E-state index contributed by atoms with van der Waals surface area (Å²) in [5, 5.41) is 0.689. The van der Waals surface area contributed by atoms with Crippen LogP contribution in [-0.4, -0.2) is 15.3 Å². The lowest BCUT2D eigenvalue weighted by Gasteiger charge is -2.11. The summed E-state index contributed by atoms with van der Waals surface area (Å²) in [7, 11) is 1.95. The molecule has 92 valence electrons. The molecule has 3 nitrogen and oxygen atoms in total. The smallest absolute Gasteiger partial charge is 0.141 e. The number of halogens is 1. The number of carbonyl (C=O) groups is 1. The lowest BCUT2D eigenvalue weighted by atomic mass is 10.00. The summed E-state index contributed by atoms with van der Waals surface area (Å²) in [6, 6.07) is 7.66. The Morgan fingerprint density at radius 2 is 2.06 bits per heavy atom. The van der Waals surface area contributed by atoms with Crippen LogP contribution in [0.3, 0.4) is 0 Å². The van der Waals surface area contributed by atoms with Crippen LogP contribution in [0.5, 0.6) is 0 Å². The summed E-state index contributed by atoms with van der Waals surface area (Å²) in [5.74, 6) is 1.14. The monoisotopic (exact) mass is 260 g/mol. The predicted molar refractivity (Wildman–Crippen MR) is 70.7 cm³/mol. The van der Waals surface area contributed by atoms with Crippen LogP contribution in [0.1, 0.15) is 17.8 Å². The van der Waals surface area contributed by atoms with Crippen molar-refractivity contribution in [3.05, 3.63) is 40.7 Å². The van der Waals surface area contributed by atoms with Gasteiger partial charge in [-0.05, 0) is 18.6 Å². The van der Waals surface area contributed by atoms with Gasteiger partial charge in [0.05, 0.1) is 10.7 Å². The van der Waals surface area contributed by atoms with E-state index in [1.54, 1.807) is 0 Å². The number of imidazole rings is 1. The molecule has 0 amide bonds. The van der Waals surface area contributed by atoms with Crippen LogP contribution in [0.4, 0.5) is 0 Å². The minimum Gasteiger partial charge on any atom is -0.330 e. The number of rotatable bonds is 1. The van der Waals surface area contributed by atoms with Crippen molar-refractivity contribution in [3.8, 4) is 11.4 Å². The first-order valence-electron chi connectivity index (χ1n) is 5.98. The van der Waals surface area contributed by atoms with Crippen LogP contribution in [0.15, 0.2) is 24.3 Å². The highest BCUT2D eigenvalue weighted by Crippen LogP contribution is 2.30. The van der Waals surface area contributed by atoms with Gasteiger partial charge in [-0.1, -0.05) is 23.7 Å². The van der Waals surface area contributed by atoms with E-state index in [0.717, 1.165) is 29.2 Å². The number of hydrogen-bond donors (Lipinski definition) is 0. The highest BCUT2D eigenvalue weighted by atomic mass is 35.5. The van der Waals surface area contributed by atoms with Crippen LogP contribution < -0.4 is 0 Å². The number of nitrogens with zero attached hydrogens (tertiary/aromatic N) is 2. The van der Waals surface area contributed by atoms with Gasteiger partial charge >= 0.3 is 0 Å². The summed E-state index contributed by atoms with van der Waals surface area (Å²) in [5.41, 5.74) is 2.98. The summed E-state index contributed by atoms with van der Waals surface area (Å²) in [6.07, 6.45) is 1.84. The molecule has 1 aliphatic rings. The van der Waals surface area contributed by atoms with Gasteiger partial charge in [-0.2, -0.15) is 0 Å². The Labute approximate surface area is 110 Å². The predicted octanol–water partition coefficient (Wildman–Crippen LogP) is 2.80. The normalized spacial score (nSPS) is 14.7. The quantitative estimate of drug-likeness (QED) is 0.790. The number of aryl methyl sites for hydroxylation is 1. The number of benzene rings is 1. The van der Waals surface area contributed by atoms with Crippen LogP contribution in [-0.2, 0) is 24.7 Å². The van der Waals surface area contributed by atoms with Crippen molar-refractivity contribution in [2.24, 2.45) is 7.05 Å². The highest BCUT2D eigenvalue weighted by molar-refractivity contribution is 6.33. The van der Waals surface area contributed by atoms with Gasteiger partial charge in [0.25, 0.3) is 0 Å². The molecule has 0 saturated heterocycles. The zero-order valence-electron chi connectivity index (χ0n) is 10.1. The van der Waals surface area contributed by atoms with Crippen LogP contribution in [0, 0.1) is 0 Å². The van der Waals surface area contributed by atoms with E-state index < -0.39 is 0 Å². The van der Waals surface area contributed by atoms with Crippen molar-refractivity contribution >= 4 is 17.4 Å². The number of Topliss-reactive ketones (excluding diaryl/α,β-unsaturated/α-hetero) is 1. The minimum absolute atomic E-state index is 0.288. The summed E-state index contributed by atoms with van der Waals surface area (Å²) < 4.78 is 1.99. The molecule has 0 radical (unpaired) electrons. The maximum atomic E-state index is 11.5. The Hall–Kier alpha value is -1.61. The zero-order valence-corrected chi connectivity index (χ0v) is 10.9. The Kier molecular flexibility index (Phi) is 2.71.